The predicted molar refractivity (Wildman–Crippen MR) is 48.6 cm³/mol. The molecule has 0 aliphatic carbocycles. The number of carbonyl (C=O) groups is 1. The van der Waals surface area contributed by atoms with Crippen LogP contribution in [0.15, 0.2) is 0 Å². The molecule has 5 nitrogen and oxygen atoms in total. The van der Waals surface area contributed by atoms with Gasteiger partial charge in [-0.3, -0.25) is 9.52 Å². The minimum absolute atomic E-state index is 0.344. The van der Waals surface area contributed by atoms with Gasteiger partial charge in [0.05, 0.1) is 12.3 Å². The average Bonchev–Trinajstić information content (AvgIpc) is 2.03. The fourth-order valence-corrected chi connectivity index (χ4v) is 1.84. The van der Waals surface area contributed by atoms with E-state index in [0.29, 0.717) is 6.42 Å². The first-order chi connectivity index (χ1) is 5.99. The Morgan fingerprint density at radius 2 is 2.15 bits per heavy atom. The molecule has 1 amide bonds. The molecule has 0 spiro atoms. The summed E-state index contributed by atoms with van der Waals surface area (Å²) >= 11 is 0. The fraction of sp³-hybridized carbons (Fsp3) is 0.857. The van der Waals surface area contributed by atoms with E-state index in [0.717, 1.165) is 25.6 Å². The van der Waals surface area contributed by atoms with E-state index in [4.69, 9.17) is 0 Å². The summed E-state index contributed by atoms with van der Waals surface area (Å²) in [5, 5.41) is 2.96. The van der Waals surface area contributed by atoms with Gasteiger partial charge in [0.15, 0.2) is 0 Å². The fourth-order valence-electron chi connectivity index (χ4n) is 1.33. The quantitative estimate of drug-likeness (QED) is 0.620. The molecule has 1 aliphatic heterocycles. The average molecular weight is 206 g/mol. The van der Waals surface area contributed by atoms with Crippen LogP contribution in [0.1, 0.15) is 19.3 Å². The normalized spacial score (nSPS) is 23.9. The molecule has 0 radical (unpaired) electrons. The standard InChI is InChI=1S/C7H14N2O3S/c1-13(11,12)9-7(10)6-4-2-3-5-8-6/h6,8H,2-5H2,1H3,(H,9,10). The van der Waals surface area contributed by atoms with Gasteiger partial charge in [-0.1, -0.05) is 6.42 Å². The summed E-state index contributed by atoms with van der Waals surface area (Å²) in [5.74, 6) is -0.442. The van der Waals surface area contributed by atoms with E-state index in [2.05, 4.69) is 5.32 Å². The van der Waals surface area contributed by atoms with Crippen molar-refractivity contribution >= 4 is 15.9 Å². The lowest BCUT2D eigenvalue weighted by Crippen LogP contribution is -2.48. The molecule has 1 aliphatic rings. The summed E-state index contributed by atoms with van der Waals surface area (Å²) in [6.45, 7) is 0.780. The van der Waals surface area contributed by atoms with Crippen LogP contribution in [0.5, 0.6) is 0 Å². The van der Waals surface area contributed by atoms with Crippen LogP contribution in [0, 0.1) is 0 Å². The second-order valence-electron chi connectivity index (χ2n) is 3.24. The minimum Gasteiger partial charge on any atom is -0.306 e. The Bertz CT molecular complexity index is 280. The van der Waals surface area contributed by atoms with E-state index in [1.807, 2.05) is 4.72 Å². The van der Waals surface area contributed by atoms with Crippen LogP contribution in [0.4, 0.5) is 0 Å². The van der Waals surface area contributed by atoms with Gasteiger partial charge in [0.25, 0.3) is 5.91 Å². The van der Waals surface area contributed by atoms with Gasteiger partial charge in [0, 0.05) is 0 Å². The molecule has 0 bridgehead atoms. The molecule has 1 rings (SSSR count). The topological polar surface area (TPSA) is 75.3 Å². The van der Waals surface area contributed by atoms with Crippen molar-refractivity contribution in [2.75, 3.05) is 12.8 Å². The summed E-state index contributed by atoms with van der Waals surface area (Å²) < 4.78 is 23.4. The first-order valence-corrected chi connectivity index (χ1v) is 6.13. The van der Waals surface area contributed by atoms with Crippen molar-refractivity contribution in [2.45, 2.75) is 25.3 Å². The lowest BCUT2D eigenvalue weighted by molar-refractivity contribution is -0.121. The highest BCUT2D eigenvalue weighted by molar-refractivity contribution is 7.89. The Hall–Kier alpha value is -0.620. The van der Waals surface area contributed by atoms with Crippen molar-refractivity contribution in [3.05, 3.63) is 0 Å². The molecule has 1 heterocycles. The van der Waals surface area contributed by atoms with Crippen molar-refractivity contribution in [3.8, 4) is 0 Å². The number of piperidine rings is 1. The molecule has 13 heavy (non-hydrogen) atoms. The van der Waals surface area contributed by atoms with E-state index >= 15 is 0 Å². The molecule has 1 saturated heterocycles. The zero-order valence-electron chi connectivity index (χ0n) is 7.54. The van der Waals surface area contributed by atoms with E-state index < -0.39 is 15.9 Å². The summed E-state index contributed by atoms with van der Waals surface area (Å²) in [5.41, 5.74) is 0. The molecule has 0 aromatic rings. The highest BCUT2D eigenvalue weighted by Gasteiger charge is 2.22. The predicted octanol–water partition coefficient (Wildman–Crippen LogP) is -0.796. The number of amides is 1. The summed E-state index contributed by atoms with van der Waals surface area (Å²) in [6.07, 6.45) is 3.70. The summed E-state index contributed by atoms with van der Waals surface area (Å²) in [6, 6.07) is -0.344. The van der Waals surface area contributed by atoms with Gasteiger partial charge in [-0.2, -0.15) is 0 Å². The van der Waals surface area contributed by atoms with Crippen LogP contribution in [0.25, 0.3) is 0 Å². The molecule has 0 aromatic carbocycles. The number of nitrogens with one attached hydrogen (secondary N) is 2. The third kappa shape index (κ3) is 3.73. The first-order valence-electron chi connectivity index (χ1n) is 4.24. The molecule has 1 atom stereocenters. The summed E-state index contributed by atoms with van der Waals surface area (Å²) in [7, 11) is -3.41. The SMILES string of the molecule is CS(=O)(=O)NC(=O)C1CCCCN1. The smallest absolute Gasteiger partial charge is 0.250 e. The lowest BCUT2D eigenvalue weighted by atomic mass is 10.1. The highest BCUT2D eigenvalue weighted by atomic mass is 32.2. The van der Waals surface area contributed by atoms with Crippen molar-refractivity contribution in [3.63, 3.8) is 0 Å². The van der Waals surface area contributed by atoms with Crippen LogP contribution in [0.3, 0.4) is 0 Å². The third-order valence-corrected chi connectivity index (χ3v) is 2.48. The van der Waals surface area contributed by atoms with Crippen molar-refractivity contribution in [1.29, 1.82) is 0 Å². The number of hydrogen-bond acceptors (Lipinski definition) is 4. The molecule has 1 unspecified atom stereocenters. The Balaban J connectivity index is 2.47. The van der Waals surface area contributed by atoms with Crippen LogP contribution >= 0.6 is 0 Å². The monoisotopic (exact) mass is 206 g/mol. The van der Waals surface area contributed by atoms with E-state index in [1.165, 1.54) is 0 Å². The molecule has 0 saturated carbocycles. The number of rotatable bonds is 2. The number of hydrogen-bond donors (Lipinski definition) is 2. The van der Waals surface area contributed by atoms with Crippen LogP contribution in [0.2, 0.25) is 0 Å². The summed E-state index contributed by atoms with van der Waals surface area (Å²) in [4.78, 5) is 11.3. The Morgan fingerprint density at radius 3 is 2.62 bits per heavy atom. The maximum atomic E-state index is 11.3. The van der Waals surface area contributed by atoms with Crippen LogP contribution in [-0.4, -0.2) is 33.2 Å². The maximum Gasteiger partial charge on any atom is 0.250 e. The van der Waals surface area contributed by atoms with Crippen LogP contribution < -0.4 is 10.0 Å². The number of sulfonamides is 1. The van der Waals surface area contributed by atoms with Gasteiger partial charge in [0.2, 0.25) is 10.0 Å². The second kappa shape index (κ2) is 4.06. The van der Waals surface area contributed by atoms with Gasteiger partial charge in [-0.05, 0) is 19.4 Å². The van der Waals surface area contributed by atoms with E-state index in [9.17, 15) is 13.2 Å². The second-order valence-corrected chi connectivity index (χ2v) is 4.99. The number of carbonyl (C=O) groups excluding carboxylic acids is 1. The highest BCUT2D eigenvalue weighted by Crippen LogP contribution is 2.06. The molecule has 76 valence electrons. The van der Waals surface area contributed by atoms with Gasteiger partial charge in [-0.15, -0.1) is 0 Å². The van der Waals surface area contributed by atoms with Gasteiger partial charge in [0.1, 0.15) is 0 Å². The van der Waals surface area contributed by atoms with Crippen molar-refractivity contribution < 1.29 is 13.2 Å². The Labute approximate surface area is 77.9 Å². The molecule has 6 heteroatoms. The zero-order chi connectivity index (χ0) is 9.90. The molecule has 0 aromatic heterocycles. The van der Waals surface area contributed by atoms with Crippen LogP contribution in [-0.2, 0) is 14.8 Å². The molecule has 2 N–H and O–H groups in total. The van der Waals surface area contributed by atoms with Gasteiger partial charge >= 0.3 is 0 Å². The van der Waals surface area contributed by atoms with E-state index in [-0.39, 0.29) is 6.04 Å². The Morgan fingerprint density at radius 1 is 1.46 bits per heavy atom. The van der Waals surface area contributed by atoms with E-state index in [1.54, 1.807) is 0 Å². The maximum absolute atomic E-state index is 11.3. The van der Waals surface area contributed by atoms with Crippen molar-refractivity contribution in [1.82, 2.24) is 10.0 Å². The molecular formula is C7H14N2O3S. The van der Waals surface area contributed by atoms with Gasteiger partial charge in [-0.25, -0.2) is 8.42 Å². The first kappa shape index (κ1) is 10.5. The third-order valence-electron chi connectivity index (χ3n) is 1.91. The van der Waals surface area contributed by atoms with Crippen molar-refractivity contribution in [2.24, 2.45) is 0 Å². The molecular weight excluding hydrogens is 192 g/mol. The lowest BCUT2D eigenvalue weighted by Gasteiger charge is -2.21. The Kier molecular flexibility index (Phi) is 3.27. The zero-order valence-corrected chi connectivity index (χ0v) is 8.36. The molecule has 1 fully saturated rings. The van der Waals surface area contributed by atoms with Gasteiger partial charge < -0.3 is 5.32 Å². The largest absolute Gasteiger partial charge is 0.306 e. The minimum atomic E-state index is -3.41.